The number of benzene rings is 1. The van der Waals surface area contributed by atoms with Crippen molar-refractivity contribution in [2.45, 2.75) is 43.8 Å². The zero-order valence-electron chi connectivity index (χ0n) is 13.2. The molecule has 0 aromatic heterocycles. The Morgan fingerprint density at radius 3 is 2.64 bits per heavy atom. The van der Waals surface area contributed by atoms with Gasteiger partial charge in [0.05, 0.1) is 11.7 Å². The molecule has 22 heavy (non-hydrogen) atoms. The van der Waals surface area contributed by atoms with E-state index in [4.69, 9.17) is 9.47 Å². The van der Waals surface area contributed by atoms with Crippen LogP contribution >= 0.6 is 0 Å². The van der Waals surface area contributed by atoms with Gasteiger partial charge in [-0.2, -0.15) is 0 Å². The molecular weight excluding hydrogens is 300 g/mol. The summed E-state index contributed by atoms with van der Waals surface area (Å²) < 4.78 is 23.0. The Morgan fingerprint density at radius 2 is 2.00 bits per heavy atom. The standard InChI is InChI=1S/C17H22O4S/c1-17(2)14-13(5-4-10-20-14)15(17)21-16(18)11-6-8-12(9-7-11)22(3)19/h6-9,13-15H,4-5,10H2,1-3H3/t13-,14-,15+,22-/m0/s1. The normalized spacial score (nSPS) is 30.8. The van der Waals surface area contributed by atoms with E-state index >= 15 is 0 Å². The van der Waals surface area contributed by atoms with Crippen molar-refractivity contribution in [2.75, 3.05) is 12.9 Å². The molecule has 1 aromatic rings. The molecule has 1 saturated carbocycles. The number of hydrogen-bond donors (Lipinski definition) is 0. The second-order valence-electron chi connectivity index (χ2n) is 6.72. The van der Waals surface area contributed by atoms with Crippen molar-refractivity contribution >= 4 is 16.8 Å². The molecule has 120 valence electrons. The average molecular weight is 322 g/mol. The number of hydrogen-bond acceptors (Lipinski definition) is 4. The minimum atomic E-state index is -1.04. The van der Waals surface area contributed by atoms with Gasteiger partial charge >= 0.3 is 5.97 Å². The van der Waals surface area contributed by atoms with Crippen molar-refractivity contribution in [2.24, 2.45) is 11.3 Å². The largest absolute Gasteiger partial charge is 0.458 e. The Kier molecular flexibility index (Phi) is 4.12. The van der Waals surface area contributed by atoms with E-state index in [0.29, 0.717) is 16.4 Å². The molecule has 3 rings (SSSR count). The predicted octanol–water partition coefficient (Wildman–Crippen LogP) is 2.78. The number of esters is 1. The molecule has 0 unspecified atom stereocenters. The quantitative estimate of drug-likeness (QED) is 0.803. The topological polar surface area (TPSA) is 52.6 Å². The summed E-state index contributed by atoms with van der Waals surface area (Å²) in [6.07, 6.45) is 3.81. The summed E-state index contributed by atoms with van der Waals surface area (Å²) >= 11 is 0. The van der Waals surface area contributed by atoms with Gasteiger partial charge in [0.2, 0.25) is 0 Å². The maximum atomic E-state index is 12.4. The van der Waals surface area contributed by atoms with Crippen molar-refractivity contribution < 1.29 is 18.5 Å². The van der Waals surface area contributed by atoms with Crippen LogP contribution in [0.5, 0.6) is 0 Å². The first-order valence-electron chi connectivity index (χ1n) is 7.67. The van der Waals surface area contributed by atoms with Crippen LogP contribution in [0.2, 0.25) is 0 Å². The van der Waals surface area contributed by atoms with Gasteiger partial charge in [0, 0.05) is 39.9 Å². The van der Waals surface area contributed by atoms with Gasteiger partial charge in [0.15, 0.2) is 0 Å². The molecule has 0 radical (unpaired) electrons. The van der Waals surface area contributed by atoms with E-state index in [9.17, 15) is 9.00 Å². The summed E-state index contributed by atoms with van der Waals surface area (Å²) in [6.45, 7) is 5.00. The van der Waals surface area contributed by atoms with E-state index < -0.39 is 10.8 Å². The van der Waals surface area contributed by atoms with Crippen molar-refractivity contribution in [1.29, 1.82) is 0 Å². The highest BCUT2D eigenvalue weighted by molar-refractivity contribution is 7.84. The van der Waals surface area contributed by atoms with Gasteiger partial charge < -0.3 is 9.47 Å². The van der Waals surface area contributed by atoms with Gasteiger partial charge in [0.25, 0.3) is 0 Å². The van der Waals surface area contributed by atoms with Crippen LogP contribution in [0.25, 0.3) is 0 Å². The molecule has 1 aliphatic heterocycles. The Morgan fingerprint density at radius 1 is 1.32 bits per heavy atom. The van der Waals surface area contributed by atoms with Crippen LogP contribution in [0, 0.1) is 11.3 Å². The maximum Gasteiger partial charge on any atom is 0.338 e. The van der Waals surface area contributed by atoms with E-state index in [2.05, 4.69) is 13.8 Å². The van der Waals surface area contributed by atoms with Crippen LogP contribution in [0.15, 0.2) is 29.2 Å². The van der Waals surface area contributed by atoms with E-state index in [1.54, 1.807) is 30.5 Å². The highest BCUT2D eigenvalue weighted by atomic mass is 32.2. The molecule has 0 bridgehead atoms. The average Bonchev–Trinajstić information content (AvgIpc) is 2.52. The smallest absolute Gasteiger partial charge is 0.338 e. The SMILES string of the molecule is C[S@](=O)c1ccc(C(=O)O[C@@H]2[C@H]3CCCO[C@@H]3C2(C)C)cc1. The molecule has 1 aliphatic carbocycles. The van der Waals surface area contributed by atoms with Gasteiger partial charge in [-0.1, -0.05) is 13.8 Å². The zero-order chi connectivity index (χ0) is 15.9. The fraction of sp³-hybridized carbons (Fsp3) is 0.588. The number of carbonyl (C=O) groups is 1. The van der Waals surface area contributed by atoms with Crippen molar-refractivity contribution in [3.05, 3.63) is 29.8 Å². The Hall–Kier alpha value is -1.20. The van der Waals surface area contributed by atoms with Crippen LogP contribution in [0.4, 0.5) is 0 Å². The van der Waals surface area contributed by atoms with Crippen LogP contribution in [0.1, 0.15) is 37.0 Å². The molecule has 1 heterocycles. The van der Waals surface area contributed by atoms with Crippen molar-refractivity contribution in [1.82, 2.24) is 0 Å². The molecule has 5 heteroatoms. The molecule has 2 fully saturated rings. The maximum absolute atomic E-state index is 12.4. The lowest BCUT2D eigenvalue weighted by Crippen LogP contribution is -2.65. The minimum absolute atomic E-state index is 0.0923. The van der Waals surface area contributed by atoms with Crippen LogP contribution in [0.3, 0.4) is 0 Å². The minimum Gasteiger partial charge on any atom is -0.458 e. The molecule has 4 atom stereocenters. The van der Waals surface area contributed by atoms with Crippen molar-refractivity contribution in [3.8, 4) is 0 Å². The van der Waals surface area contributed by atoms with Crippen LogP contribution < -0.4 is 0 Å². The third-order valence-corrected chi connectivity index (χ3v) is 5.82. The third kappa shape index (κ3) is 2.61. The third-order valence-electron chi connectivity index (χ3n) is 4.88. The first-order valence-corrected chi connectivity index (χ1v) is 9.23. The molecule has 1 aromatic carbocycles. The molecule has 0 amide bonds. The summed E-state index contributed by atoms with van der Waals surface area (Å²) in [7, 11) is -1.04. The molecule has 1 saturated heterocycles. The van der Waals surface area contributed by atoms with Crippen LogP contribution in [-0.4, -0.2) is 35.2 Å². The lowest BCUT2D eigenvalue weighted by Gasteiger charge is -2.58. The van der Waals surface area contributed by atoms with E-state index in [-0.39, 0.29) is 23.6 Å². The summed E-state index contributed by atoms with van der Waals surface area (Å²) in [5.41, 5.74) is 0.371. The summed E-state index contributed by atoms with van der Waals surface area (Å²) in [5.74, 6) is 0.00523. The molecule has 2 aliphatic rings. The monoisotopic (exact) mass is 322 g/mol. The number of ether oxygens (including phenoxy) is 2. The van der Waals surface area contributed by atoms with Gasteiger partial charge in [-0.3, -0.25) is 4.21 Å². The summed E-state index contributed by atoms with van der Waals surface area (Å²) in [4.78, 5) is 13.1. The van der Waals surface area contributed by atoms with Crippen molar-refractivity contribution in [3.63, 3.8) is 0 Å². The number of rotatable bonds is 3. The summed E-state index contributed by atoms with van der Waals surface area (Å²) in [6, 6.07) is 6.79. The predicted molar refractivity (Wildman–Crippen MR) is 84.2 cm³/mol. The van der Waals surface area contributed by atoms with Crippen LogP contribution in [-0.2, 0) is 20.3 Å². The number of fused-ring (bicyclic) bond motifs is 1. The Balaban J connectivity index is 1.70. The Bertz CT molecular complexity index is 593. The van der Waals surface area contributed by atoms with Gasteiger partial charge in [0.1, 0.15) is 6.10 Å². The van der Waals surface area contributed by atoms with E-state index in [0.717, 1.165) is 19.4 Å². The first-order chi connectivity index (χ1) is 10.4. The molecule has 4 nitrogen and oxygen atoms in total. The molecule has 0 spiro atoms. The summed E-state index contributed by atoms with van der Waals surface area (Å²) in [5, 5.41) is 0. The molecule has 0 N–H and O–H groups in total. The highest BCUT2D eigenvalue weighted by Gasteiger charge is 2.60. The lowest BCUT2D eigenvalue weighted by molar-refractivity contribution is -0.243. The van der Waals surface area contributed by atoms with Gasteiger partial charge in [-0.25, -0.2) is 4.79 Å². The second kappa shape index (κ2) is 5.78. The number of carbonyl (C=O) groups excluding carboxylic acids is 1. The van der Waals surface area contributed by atoms with E-state index in [1.807, 2.05) is 0 Å². The fourth-order valence-electron chi connectivity index (χ4n) is 3.68. The first kappa shape index (κ1) is 15.7. The zero-order valence-corrected chi connectivity index (χ0v) is 14.0. The lowest BCUT2D eigenvalue weighted by atomic mass is 9.57. The van der Waals surface area contributed by atoms with Gasteiger partial charge in [-0.05, 0) is 37.1 Å². The Labute approximate surface area is 133 Å². The fourth-order valence-corrected chi connectivity index (χ4v) is 4.20. The van der Waals surface area contributed by atoms with Gasteiger partial charge in [-0.15, -0.1) is 0 Å². The second-order valence-corrected chi connectivity index (χ2v) is 8.10. The highest BCUT2D eigenvalue weighted by Crippen LogP contribution is 2.53. The molecular formula is C17H22O4S. The van der Waals surface area contributed by atoms with E-state index in [1.165, 1.54) is 0 Å².